The monoisotopic (exact) mass is 386 g/mol. The molecule has 1 unspecified atom stereocenters. The predicted octanol–water partition coefficient (Wildman–Crippen LogP) is 4.64. The van der Waals surface area contributed by atoms with E-state index < -0.39 is 5.92 Å². The highest BCUT2D eigenvalue weighted by atomic mass is 16.5. The molecule has 1 aliphatic rings. The van der Waals surface area contributed by atoms with Crippen LogP contribution in [-0.2, 0) is 16.2 Å². The van der Waals surface area contributed by atoms with Crippen LogP contribution in [0.1, 0.15) is 29.0 Å². The van der Waals surface area contributed by atoms with E-state index in [1.165, 1.54) is 0 Å². The number of rotatable bonds is 5. The van der Waals surface area contributed by atoms with Gasteiger partial charge in [-0.1, -0.05) is 54.6 Å². The Labute approximate surface area is 169 Å². The van der Waals surface area contributed by atoms with Crippen molar-refractivity contribution in [3.63, 3.8) is 0 Å². The molecule has 0 bridgehead atoms. The highest BCUT2D eigenvalue weighted by Gasteiger charge is 2.30. The highest BCUT2D eigenvalue weighted by molar-refractivity contribution is 6.05. The largest absolute Gasteiger partial charge is 0.487 e. The minimum atomic E-state index is -0.539. The molecule has 0 aromatic heterocycles. The second kappa shape index (κ2) is 8.19. The lowest BCUT2D eigenvalue weighted by atomic mass is 9.89. The van der Waals surface area contributed by atoms with Crippen molar-refractivity contribution >= 4 is 23.2 Å². The van der Waals surface area contributed by atoms with Gasteiger partial charge < -0.3 is 15.4 Å². The Morgan fingerprint density at radius 2 is 1.83 bits per heavy atom. The van der Waals surface area contributed by atoms with E-state index in [1.54, 1.807) is 0 Å². The zero-order chi connectivity index (χ0) is 20.2. The quantitative estimate of drug-likeness (QED) is 0.671. The van der Waals surface area contributed by atoms with E-state index in [1.807, 2.05) is 79.7 Å². The first-order chi connectivity index (χ1) is 14.1. The molecule has 2 amide bonds. The summed E-state index contributed by atoms with van der Waals surface area (Å²) in [5, 5.41) is 5.80. The molecule has 2 N–H and O–H groups in total. The number of carbonyl (C=O) groups excluding carboxylic acids is 2. The molecular formula is C24H22N2O3. The number of nitrogens with one attached hydrogen (secondary N) is 2. The van der Waals surface area contributed by atoms with Crippen LogP contribution in [0.2, 0.25) is 0 Å². The Balaban J connectivity index is 1.55. The first-order valence-corrected chi connectivity index (χ1v) is 9.57. The Morgan fingerprint density at radius 3 is 2.66 bits per heavy atom. The van der Waals surface area contributed by atoms with Crippen molar-refractivity contribution < 1.29 is 14.3 Å². The summed E-state index contributed by atoms with van der Waals surface area (Å²) in [4.78, 5) is 25.1. The van der Waals surface area contributed by atoms with Crippen molar-refractivity contribution in [3.05, 3.63) is 89.5 Å². The van der Waals surface area contributed by atoms with Crippen LogP contribution in [0.4, 0.5) is 11.4 Å². The molecule has 0 saturated heterocycles. The minimum Gasteiger partial charge on any atom is -0.487 e. The number of ether oxygens (including phenoxy) is 1. The third-order valence-corrected chi connectivity index (χ3v) is 4.95. The van der Waals surface area contributed by atoms with Gasteiger partial charge in [0.25, 0.3) is 0 Å². The molecule has 29 heavy (non-hydrogen) atoms. The molecule has 5 nitrogen and oxygen atoms in total. The Bertz CT molecular complexity index is 1050. The van der Waals surface area contributed by atoms with Crippen LogP contribution in [0.3, 0.4) is 0 Å². The molecule has 0 aliphatic carbocycles. The standard InChI is InChI=1S/C24H22N2O3/c1-16-11-12-22(29-15-17-7-3-2-4-8-17)21(13-16)26-24(28)19-14-23(27)25-20-10-6-5-9-18(19)20/h2-13,19H,14-15H2,1H3,(H,25,27)(H,26,28). The van der Waals surface area contributed by atoms with Gasteiger partial charge in [0.2, 0.25) is 11.8 Å². The Hall–Kier alpha value is -3.60. The van der Waals surface area contributed by atoms with Gasteiger partial charge in [-0.25, -0.2) is 0 Å². The number of aryl methyl sites for hydroxylation is 1. The first-order valence-electron chi connectivity index (χ1n) is 9.57. The highest BCUT2D eigenvalue weighted by Crippen LogP contribution is 2.34. The van der Waals surface area contributed by atoms with Crippen LogP contribution in [0, 0.1) is 6.92 Å². The number of anilines is 2. The van der Waals surface area contributed by atoms with E-state index in [2.05, 4.69) is 10.6 Å². The molecule has 1 heterocycles. The van der Waals surface area contributed by atoms with Gasteiger partial charge >= 0.3 is 0 Å². The lowest BCUT2D eigenvalue weighted by Gasteiger charge is -2.25. The third kappa shape index (κ3) is 4.29. The van der Waals surface area contributed by atoms with Gasteiger partial charge in [-0.05, 0) is 41.8 Å². The van der Waals surface area contributed by atoms with Crippen LogP contribution < -0.4 is 15.4 Å². The van der Waals surface area contributed by atoms with E-state index in [9.17, 15) is 9.59 Å². The van der Waals surface area contributed by atoms with Crippen molar-refractivity contribution in [3.8, 4) is 5.75 Å². The van der Waals surface area contributed by atoms with Crippen LogP contribution in [-0.4, -0.2) is 11.8 Å². The summed E-state index contributed by atoms with van der Waals surface area (Å²) < 4.78 is 5.96. The summed E-state index contributed by atoms with van der Waals surface area (Å²) in [6.07, 6.45) is 0.120. The molecule has 5 heteroatoms. The fourth-order valence-corrected chi connectivity index (χ4v) is 3.47. The van der Waals surface area contributed by atoms with E-state index in [0.29, 0.717) is 23.7 Å². The lowest BCUT2D eigenvalue weighted by Crippen LogP contribution is -2.30. The van der Waals surface area contributed by atoms with Crippen molar-refractivity contribution in [2.24, 2.45) is 0 Å². The van der Waals surface area contributed by atoms with Gasteiger partial charge in [0.05, 0.1) is 11.6 Å². The maximum atomic E-state index is 13.1. The summed E-state index contributed by atoms with van der Waals surface area (Å²) in [6.45, 7) is 2.36. The smallest absolute Gasteiger partial charge is 0.232 e. The fourth-order valence-electron chi connectivity index (χ4n) is 3.47. The van der Waals surface area contributed by atoms with Gasteiger partial charge in [-0.2, -0.15) is 0 Å². The van der Waals surface area contributed by atoms with Gasteiger partial charge in [0.15, 0.2) is 0 Å². The van der Waals surface area contributed by atoms with E-state index in [4.69, 9.17) is 4.74 Å². The average Bonchev–Trinajstić information content (AvgIpc) is 2.73. The summed E-state index contributed by atoms with van der Waals surface area (Å²) in [6, 6.07) is 22.9. The van der Waals surface area contributed by atoms with Gasteiger partial charge in [0.1, 0.15) is 12.4 Å². The molecule has 3 aromatic rings. The molecule has 0 spiro atoms. The lowest BCUT2D eigenvalue weighted by molar-refractivity contribution is -0.123. The van der Waals surface area contributed by atoms with Crippen molar-refractivity contribution in [2.75, 3.05) is 10.6 Å². The summed E-state index contributed by atoms with van der Waals surface area (Å²) >= 11 is 0. The molecule has 0 radical (unpaired) electrons. The molecule has 1 aliphatic heterocycles. The second-order valence-corrected chi connectivity index (χ2v) is 7.16. The molecular weight excluding hydrogens is 364 g/mol. The zero-order valence-corrected chi connectivity index (χ0v) is 16.1. The number of para-hydroxylation sites is 1. The molecule has 1 atom stereocenters. The average molecular weight is 386 g/mol. The molecule has 4 rings (SSSR count). The predicted molar refractivity (Wildman–Crippen MR) is 113 cm³/mol. The van der Waals surface area contributed by atoms with Gasteiger partial charge in [0, 0.05) is 12.1 Å². The van der Waals surface area contributed by atoms with E-state index >= 15 is 0 Å². The topological polar surface area (TPSA) is 67.4 Å². The fraction of sp³-hybridized carbons (Fsp3) is 0.167. The number of hydrogen-bond donors (Lipinski definition) is 2. The van der Waals surface area contributed by atoms with Crippen molar-refractivity contribution in [2.45, 2.75) is 25.9 Å². The SMILES string of the molecule is Cc1ccc(OCc2ccccc2)c(NC(=O)C2CC(=O)Nc3ccccc32)c1. The summed E-state index contributed by atoms with van der Waals surface area (Å²) in [7, 11) is 0. The number of amides is 2. The molecule has 146 valence electrons. The van der Waals surface area contributed by atoms with Crippen LogP contribution >= 0.6 is 0 Å². The number of fused-ring (bicyclic) bond motifs is 1. The third-order valence-electron chi connectivity index (χ3n) is 4.95. The Morgan fingerprint density at radius 1 is 1.07 bits per heavy atom. The van der Waals surface area contributed by atoms with Gasteiger partial charge in [-0.3, -0.25) is 9.59 Å². The Kier molecular flexibility index (Phi) is 5.29. The number of hydrogen-bond acceptors (Lipinski definition) is 3. The second-order valence-electron chi connectivity index (χ2n) is 7.16. The number of carbonyl (C=O) groups is 2. The zero-order valence-electron chi connectivity index (χ0n) is 16.1. The normalized spacial score (nSPS) is 15.2. The van der Waals surface area contributed by atoms with Crippen LogP contribution in [0.25, 0.3) is 0 Å². The van der Waals surface area contributed by atoms with Crippen molar-refractivity contribution in [1.82, 2.24) is 0 Å². The molecule has 3 aromatic carbocycles. The minimum absolute atomic E-state index is 0.120. The van der Waals surface area contributed by atoms with E-state index in [0.717, 1.165) is 16.7 Å². The maximum absolute atomic E-state index is 13.1. The molecule has 0 fully saturated rings. The molecule has 0 saturated carbocycles. The summed E-state index contributed by atoms with van der Waals surface area (Å²) in [5.74, 6) is -0.320. The van der Waals surface area contributed by atoms with Crippen LogP contribution in [0.5, 0.6) is 5.75 Å². The maximum Gasteiger partial charge on any atom is 0.232 e. The first kappa shape index (κ1) is 18.7. The number of benzene rings is 3. The van der Waals surface area contributed by atoms with Crippen LogP contribution in [0.15, 0.2) is 72.8 Å². The van der Waals surface area contributed by atoms with Crippen molar-refractivity contribution in [1.29, 1.82) is 0 Å². The summed E-state index contributed by atoms with van der Waals surface area (Å²) in [5.41, 5.74) is 4.17. The van der Waals surface area contributed by atoms with Gasteiger partial charge in [-0.15, -0.1) is 0 Å². The van der Waals surface area contributed by atoms with E-state index in [-0.39, 0.29) is 18.2 Å².